The van der Waals surface area contributed by atoms with Gasteiger partial charge in [0, 0.05) is 23.2 Å². The molecule has 0 aliphatic carbocycles. The molecule has 0 bridgehead atoms. The minimum atomic E-state index is 0.0971. The van der Waals surface area contributed by atoms with Crippen molar-refractivity contribution in [3.8, 4) is 11.5 Å². The highest BCUT2D eigenvalue weighted by molar-refractivity contribution is 7.10. The van der Waals surface area contributed by atoms with Gasteiger partial charge in [-0.3, -0.25) is 0 Å². The number of pyridine rings is 1. The number of aromatic nitrogens is 3. The lowest BCUT2D eigenvalue weighted by Gasteiger charge is -2.33. The summed E-state index contributed by atoms with van der Waals surface area (Å²) in [6, 6.07) is 8.04. The molecule has 0 spiro atoms. The average Bonchev–Trinajstić information content (AvgIpc) is 3.27. The zero-order valence-electron chi connectivity index (χ0n) is 12.7. The van der Waals surface area contributed by atoms with Gasteiger partial charge in [-0.1, -0.05) is 11.2 Å². The van der Waals surface area contributed by atoms with Crippen LogP contribution in [0.3, 0.4) is 0 Å². The van der Waals surface area contributed by atoms with E-state index in [0.29, 0.717) is 18.3 Å². The Balaban J connectivity index is 1.58. The Bertz CT molecular complexity index is 787. The van der Waals surface area contributed by atoms with E-state index in [1.54, 1.807) is 17.5 Å². The van der Waals surface area contributed by atoms with Crippen molar-refractivity contribution in [1.82, 2.24) is 15.1 Å². The molecule has 6 nitrogen and oxygen atoms in total. The minimum absolute atomic E-state index is 0.0971. The molecule has 1 aliphatic heterocycles. The van der Waals surface area contributed by atoms with Gasteiger partial charge in [0.2, 0.25) is 0 Å². The minimum Gasteiger partial charge on any atom is -0.369 e. The molecule has 3 aromatic rings. The van der Waals surface area contributed by atoms with Gasteiger partial charge in [0.15, 0.2) is 5.82 Å². The topological polar surface area (TPSA) is 64.3 Å². The summed E-state index contributed by atoms with van der Waals surface area (Å²) in [6.07, 6.45) is 1.87. The molecule has 1 atom stereocenters. The third kappa shape index (κ3) is 2.97. The maximum absolute atomic E-state index is 5.89. The monoisotopic (exact) mass is 328 g/mol. The fourth-order valence-corrected chi connectivity index (χ4v) is 3.41. The van der Waals surface area contributed by atoms with E-state index in [4.69, 9.17) is 9.26 Å². The fraction of sp³-hybridized carbons (Fsp3) is 0.312. The lowest BCUT2D eigenvalue weighted by molar-refractivity contribution is 0.0418. The Kier molecular flexibility index (Phi) is 3.80. The highest BCUT2D eigenvalue weighted by Crippen LogP contribution is 2.29. The van der Waals surface area contributed by atoms with Gasteiger partial charge in [-0.2, -0.15) is 4.98 Å². The molecule has 7 heteroatoms. The third-order valence-electron chi connectivity index (χ3n) is 3.77. The molecule has 4 heterocycles. The van der Waals surface area contributed by atoms with Gasteiger partial charge in [0.25, 0.3) is 5.89 Å². The van der Waals surface area contributed by atoms with Gasteiger partial charge < -0.3 is 14.2 Å². The number of anilines is 1. The second-order valence-corrected chi connectivity index (χ2v) is 6.35. The fourth-order valence-electron chi connectivity index (χ4n) is 2.64. The summed E-state index contributed by atoms with van der Waals surface area (Å²) in [5, 5.41) is 5.92. The van der Waals surface area contributed by atoms with E-state index in [9.17, 15) is 0 Å². The van der Waals surface area contributed by atoms with Crippen molar-refractivity contribution in [2.75, 3.05) is 24.6 Å². The molecule has 118 valence electrons. The molecule has 0 saturated carbocycles. The second kappa shape index (κ2) is 6.10. The summed E-state index contributed by atoms with van der Waals surface area (Å²) in [4.78, 5) is 12.3. The van der Waals surface area contributed by atoms with Gasteiger partial charge >= 0.3 is 0 Å². The Morgan fingerprint density at radius 3 is 3.09 bits per heavy atom. The van der Waals surface area contributed by atoms with E-state index in [1.807, 2.05) is 19.1 Å². The molecule has 1 unspecified atom stereocenters. The Morgan fingerprint density at radius 1 is 1.35 bits per heavy atom. The molecule has 1 saturated heterocycles. The van der Waals surface area contributed by atoms with Crippen LogP contribution in [-0.4, -0.2) is 34.8 Å². The Labute approximate surface area is 137 Å². The number of ether oxygens (including phenoxy) is 1. The first-order chi connectivity index (χ1) is 11.3. The van der Waals surface area contributed by atoms with Crippen molar-refractivity contribution in [3.05, 3.63) is 46.5 Å². The number of aryl methyl sites for hydroxylation is 1. The quantitative estimate of drug-likeness (QED) is 0.736. The Hall–Kier alpha value is -2.25. The molecule has 0 radical (unpaired) electrons. The number of hydrogen-bond acceptors (Lipinski definition) is 7. The van der Waals surface area contributed by atoms with E-state index >= 15 is 0 Å². The van der Waals surface area contributed by atoms with Crippen molar-refractivity contribution in [1.29, 1.82) is 0 Å². The summed E-state index contributed by atoms with van der Waals surface area (Å²) in [7, 11) is 0. The summed E-state index contributed by atoms with van der Waals surface area (Å²) < 4.78 is 11.1. The van der Waals surface area contributed by atoms with Crippen LogP contribution in [0.2, 0.25) is 0 Å². The van der Waals surface area contributed by atoms with Crippen molar-refractivity contribution in [2.24, 2.45) is 0 Å². The highest BCUT2D eigenvalue weighted by Gasteiger charge is 2.24. The smallest absolute Gasteiger partial charge is 0.258 e. The number of nitrogens with zero attached hydrogens (tertiary/aromatic N) is 4. The van der Waals surface area contributed by atoms with E-state index in [1.165, 1.54) is 4.88 Å². The maximum Gasteiger partial charge on any atom is 0.258 e. The molecule has 0 amide bonds. The predicted molar refractivity (Wildman–Crippen MR) is 87.5 cm³/mol. The van der Waals surface area contributed by atoms with E-state index in [-0.39, 0.29) is 6.10 Å². The zero-order chi connectivity index (χ0) is 15.6. The van der Waals surface area contributed by atoms with Crippen molar-refractivity contribution >= 4 is 17.2 Å². The van der Waals surface area contributed by atoms with Crippen molar-refractivity contribution in [3.63, 3.8) is 0 Å². The average molecular weight is 328 g/mol. The molecule has 1 aliphatic rings. The molecular weight excluding hydrogens is 312 g/mol. The second-order valence-electron chi connectivity index (χ2n) is 5.37. The number of thiophene rings is 1. The summed E-state index contributed by atoms with van der Waals surface area (Å²) in [6.45, 7) is 4.11. The number of morpholine rings is 1. The first-order valence-electron chi connectivity index (χ1n) is 7.46. The zero-order valence-corrected chi connectivity index (χ0v) is 13.5. The highest BCUT2D eigenvalue weighted by atomic mass is 32.1. The molecule has 23 heavy (non-hydrogen) atoms. The van der Waals surface area contributed by atoms with Crippen molar-refractivity contribution < 1.29 is 9.26 Å². The van der Waals surface area contributed by atoms with Gasteiger partial charge in [-0.05, 0) is 30.5 Å². The van der Waals surface area contributed by atoms with Crippen molar-refractivity contribution in [2.45, 2.75) is 13.0 Å². The van der Waals surface area contributed by atoms with E-state index < -0.39 is 0 Å². The molecule has 4 rings (SSSR count). The SMILES string of the molecule is Cc1noc(-c2ccnc(N3CCOC(c4cccs4)C3)c2)n1. The van der Waals surface area contributed by atoms with Gasteiger partial charge in [-0.15, -0.1) is 11.3 Å². The van der Waals surface area contributed by atoms with E-state index in [0.717, 1.165) is 24.5 Å². The lowest BCUT2D eigenvalue weighted by atomic mass is 10.2. The molecule has 3 aromatic heterocycles. The summed E-state index contributed by atoms with van der Waals surface area (Å²) in [5.41, 5.74) is 0.884. The predicted octanol–water partition coefficient (Wildman–Crippen LogP) is 3.08. The van der Waals surface area contributed by atoms with Gasteiger partial charge in [-0.25, -0.2) is 4.98 Å². The third-order valence-corrected chi connectivity index (χ3v) is 4.74. The van der Waals surface area contributed by atoms with Crippen LogP contribution in [-0.2, 0) is 4.74 Å². The van der Waals surface area contributed by atoms with Gasteiger partial charge in [0.05, 0.1) is 13.2 Å². The van der Waals surface area contributed by atoms with Crippen LogP contribution < -0.4 is 4.90 Å². The van der Waals surface area contributed by atoms with E-state index in [2.05, 4.69) is 37.5 Å². The first-order valence-corrected chi connectivity index (χ1v) is 8.34. The maximum atomic E-state index is 5.89. The van der Waals surface area contributed by atoms with Crippen LogP contribution in [0, 0.1) is 6.92 Å². The summed E-state index contributed by atoms with van der Waals surface area (Å²) >= 11 is 1.72. The first kappa shape index (κ1) is 14.3. The van der Waals surface area contributed by atoms with Crippen LogP contribution in [0.25, 0.3) is 11.5 Å². The van der Waals surface area contributed by atoms with Crippen LogP contribution >= 0.6 is 11.3 Å². The van der Waals surface area contributed by atoms with Crippen LogP contribution in [0.4, 0.5) is 5.82 Å². The summed E-state index contributed by atoms with van der Waals surface area (Å²) in [5.74, 6) is 2.06. The van der Waals surface area contributed by atoms with Crippen LogP contribution in [0.1, 0.15) is 16.8 Å². The van der Waals surface area contributed by atoms with Crippen LogP contribution in [0.5, 0.6) is 0 Å². The lowest BCUT2D eigenvalue weighted by Crippen LogP contribution is -2.38. The standard InChI is InChI=1S/C16H16N4O2S/c1-11-18-16(22-19-11)12-4-5-17-15(9-12)20-6-7-21-13(10-20)14-3-2-8-23-14/h2-5,8-9,13H,6-7,10H2,1H3. The molecular formula is C16H16N4O2S. The number of hydrogen-bond donors (Lipinski definition) is 0. The Morgan fingerprint density at radius 2 is 2.30 bits per heavy atom. The molecule has 0 N–H and O–H groups in total. The molecule has 0 aromatic carbocycles. The molecule has 1 fully saturated rings. The number of rotatable bonds is 3. The largest absolute Gasteiger partial charge is 0.369 e. The van der Waals surface area contributed by atoms with Crippen LogP contribution in [0.15, 0.2) is 40.4 Å². The van der Waals surface area contributed by atoms with Gasteiger partial charge in [0.1, 0.15) is 11.9 Å². The normalized spacial score (nSPS) is 18.3.